The van der Waals surface area contributed by atoms with Gasteiger partial charge in [0.2, 0.25) is 5.91 Å². The van der Waals surface area contributed by atoms with Gasteiger partial charge in [-0.1, -0.05) is 56.2 Å². The molecule has 2 heterocycles. The highest BCUT2D eigenvalue weighted by molar-refractivity contribution is 9.10. The lowest BCUT2D eigenvalue weighted by molar-refractivity contribution is -0.122. The second kappa shape index (κ2) is 11.8. The lowest BCUT2D eigenvalue weighted by Gasteiger charge is -2.35. The van der Waals surface area contributed by atoms with Gasteiger partial charge >= 0.3 is 0 Å². The van der Waals surface area contributed by atoms with E-state index in [1.165, 1.54) is 11.1 Å². The molecular formula is C35H40Br2N2O7. The van der Waals surface area contributed by atoms with E-state index in [-0.39, 0.29) is 40.9 Å². The lowest BCUT2D eigenvalue weighted by atomic mass is 9.69. The molecule has 0 saturated heterocycles. The summed E-state index contributed by atoms with van der Waals surface area (Å²) in [5.74, 6) is 2.54. The molecule has 0 bridgehead atoms. The molecule has 8 atom stereocenters. The third kappa shape index (κ3) is 4.91. The Morgan fingerprint density at radius 1 is 0.848 bits per heavy atom. The molecule has 8 rings (SSSR count). The van der Waals surface area contributed by atoms with Gasteiger partial charge in [0.25, 0.3) is 0 Å². The maximum absolute atomic E-state index is 11.9. The number of ether oxygens (including phenoxy) is 4. The smallest absolute Gasteiger partial charge is 0.220 e. The van der Waals surface area contributed by atoms with Gasteiger partial charge in [0, 0.05) is 44.9 Å². The molecule has 0 saturated carbocycles. The maximum atomic E-state index is 11.9. The minimum atomic E-state index is -0.511. The highest BCUT2D eigenvalue weighted by Gasteiger charge is 2.55. The van der Waals surface area contributed by atoms with Gasteiger partial charge in [-0.15, -0.1) is 0 Å². The number of rotatable bonds is 3. The van der Waals surface area contributed by atoms with Crippen LogP contribution >= 0.6 is 31.9 Å². The molecule has 0 radical (unpaired) electrons. The van der Waals surface area contributed by atoms with Crippen LogP contribution in [-0.4, -0.2) is 60.8 Å². The Morgan fingerprint density at radius 3 is 1.80 bits per heavy atom. The van der Waals surface area contributed by atoms with Crippen LogP contribution in [0, 0.1) is 5.92 Å². The van der Waals surface area contributed by atoms with Crippen LogP contribution in [0.5, 0.6) is 23.0 Å². The van der Waals surface area contributed by atoms with Gasteiger partial charge in [0.05, 0.1) is 37.3 Å². The Morgan fingerprint density at radius 2 is 1.33 bits per heavy atom. The number of carbonyl (C=O) groups excluding carboxylic acids is 1. The third-order valence-corrected chi connectivity index (χ3v) is 12.3. The van der Waals surface area contributed by atoms with Crippen molar-refractivity contribution in [3.05, 3.63) is 67.6 Å². The fraction of sp³-hybridized carbons (Fsp3) is 0.514. The van der Waals surface area contributed by atoms with E-state index in [2.05, 4.69) is 44.0 Å². The summed E-state index contributed by atoms with van der Waals surface area (Å²) in [6.45, 7) is 0. The Bertz CT molecular complexity index is 1650. The minimum absolute atomic E-state index is 0.0465. The summed E-state index contributed by atoms with van der Waals surface area (Å²) < 4.78 is 25.5. The number of amides is 1. The highest BCUT2D eigenvalue weighted by atomic mass is 79.9. The van der Waals surface area contributed by atoms with E-state index in [1.807, 2.05) is 24.3 Å². The first-order valence-electron chi connectivity index (χ1n) is 15.9. The van der Waals surface area contributed by atoms with E-state index in [9.17, 15) is 15.0 Å². The fourth-order valence-electron chi connectivity index (χ4n) is 8.62. The summed E-state index contributed by atoms with van der Waals surface area (Å²) >= 11 is 7.32. The molecule has 6 unspecified atom stereocenters. The average Bonchev–Trinajstić information content (AvgIpc) is 3.40. The first-order valence-corrected chi connectivity index (χ1v) is 17.5. The predicted octanol–water partition coefficient (Wildman–Crippen LogP) is 4.66. The number of methoxy groups -OCH3 is 2. The maximum Gasteiger partial charge on any atom is 0.220 e. The van der Waals surface area contributed by atoms with E-state index in [0.29, 0.717) is 31.4 Å². The Balaban J connectivity index is 0.000000147. The number of aliphatic hydroxyl groups is 2. The molecule has 0 aromatic heterocycles. The van der Waals surface area contributed by atoms with Gasteiger partial charge in [0.1, 0.15) is 12.2 Å². The van der Waals surface area contributed by atoms with E-state index < -0.39 is 12.2 Å². The number of halogens is 2. The average molecular weight is 761 g/mol. The number of hydrogen-bond donors (Lipinski definition) is 4. The number of primary amides is 1. The number of benzene rings is 2. The second-order valence-electron chi connectivity index (χ2n) is 13.4. The van der Waals surface area contributed by atoms with E-state index >= 15 is 0 Å². The summed E-state index contributed by atoms with van der Waals surface area (Å²) in [6, 6.07) is 4.01. The van der Waals surface area contributed by atoms with Crippen molar-refractivity contribution in [1.29, 1.82) is 0 Å². The van der Waals surface area contributed by atoms with Crippen molar-refractivity contribution >= 4 is 37.8 Å². The third-order valence-electron chi connectivity index (χ3n) is 10.9. The van der Waals surface area contributed by atoms with Crippen LogP contribution in [0.4, 0.5) is 0 Å². The van der Waals surface area contributed by atoms with Gasteiger partial charge in [-0.2, -0.15) is 0 Å². The quantitative estimate of drug-likeness (QED) is 0.331. The minimum Gasteiger partial charge on any atom is -0.493 e. The van der Waals surface area contributed by atoms with E-state index in [4.69, 9.17) is 30.4 Å². The molecule has 246 valence electrons. The standard InChI is InChI=1S/C18H20BrNO4.C17H20BrNO3/c1-23-13-8-12(19)11-6-9(17(20)22)2-4-18-5-3-10(21)7-14(18)24-16(13)15(11)18;1-21-13-8-12(18)11-6-9(19)2-4-17-5-3-10(20)7-14(17)22-16(13)15(11)17/h3,5,8-10,14,21H,2,4,6-7H2,1H3,(H2,20,22);3,5,8-10,14,20H,2,4,6-7,19H2,1H3/t9?,10-,14?,18?;9?,10-,14?,17?/m00/s1. The summed E-state index contributed by atoms with van der Waals surface area (Å²) in [7, 11) is 3.28. The Kier molecular flexibility index (Phi) is 8.24. The van der Waals surface area contributed by atoms with Crippen LogP contribution in [-0.2, 0) is 28.5 Å². The van der Waals surface area contributed by atoms with Crippen molar-refractivity contribution < 1.29 is 34.0 Å². The molecule has 4 aliphatic carbocycles. The topological polar surface area (TPSA) is 146 Å². The van der Waals surface area contributed by atoms with Crippen molar-refractivity contribution in [2.24, 2.45) is 17.4 Å². The van der Waals surface area contributed by atoms with Gasteiger partial charge in [-0.25, -0.2) is 0 Å². The fourth-order valence-corrected chi connectivity index (χ4v) is 9.76. The number of hydrogen-bond acceptors (Lipinski definition) is 8. The zero-order chi connectivity index (χ0) is 32.5. The van der Waals surface area contributed by atoms with Crippen molar-refractivity contribution in [1.82, 2.24) is 0 Å². The normalized spacial score (nSPS) is 34.2. The van der Waals surface area contributed by atoms with Gasteiger partial charge in [-0.05, 0) is 61.8 Å². The van der Waals surface area contributed by atoms with E-state index in [0.717, 1.165) is 63.0 Å². The van der Waals surface area contributed by atoms with Crippen LogP contribution < -0.4 is 30.4 Å². The summed E-state index contributed by atoms with van der Waals surface area (Å²) in [4.78, 5) is 11.9. The first kappa shape index (κ1) is 32.0. The lowest BCUT2D eigenvalue weighted by Crippen LogP contribution is -2.42. The van der Waals surface area contributed by atoms with Crippen LogP contribution in [0.25, 0.3) is 0 Å². The highest BCUT2D eigenvalue weighted by Crippen LogP contribution is 2.59. The summed E-state index contributed by atoms with van der Waals surface area (Å²) in [5, 5.41) is 20.0. The van der Waals surface area contributed by atoms with Crippen molar-refractivity contribution in [3.8, 4) is 23.0 Å². The molecule has 1 amide bonds. The molecule has 9 nitrogen and oxygen atoms in total. The Hall–Kier alpha value is -2.57. The molecule has 2 aromatic carbocycles. The SMILES string of the molecule is COc1cc(Br)c2c3c1OC1C[C@@H](O)C=CC31CCC(C(N)=O)C2.COc1cc(Br)c2c3c1OC1C[C@@H](O)C=CC31CCC(N)C2. The zero-order valence-electron chi connectivity index (χ0n) is 25.9. The molecule has 6 aliphatic rings. The molecule has 46 heavy (non-hydrogen) atoms. The van der Waals surface area contributed by atoms with E-state index in [1.54, 1.807) is 14.2 Å². The zero-order valence-corrected chi connectivity index (χ0v) is 29.1. The van der Waals surface area contributed by atoms with Crippen LogP contribution in [0.1, 0.15) is 60.8 Å². The number of carbonyl (C=O) groups is 1. The Labute approximate surface area is 285 Å². The van der Waals surface area contributed by atoms with Gasteiger partial charge in [0.15, 0.2) is 23.0 Å². The van der Waals surface area contributed by atoms with Crippen LogP contribution in [0.3, 0.4) is 0 Å². The number of nitrogens with two attached hydrogens (primary N) is 2. The second-order valence-corrected chi connectivity index (χ2v) is 15.2. The van der Waals surface area contributed by atoms with Gasteiger partial charge < -0.3 is 40.6 Å². The molecule has 2 aliphatic heterocycles. The largest absolute Gasteiger partial charge is 0.493 e. The van der Waals surface area contributed by atoms with Crippen molar-refractivity contribution in [3.63, 3.8) is 0 Å². The van der Waals surface area contributed by atoms with Crippen molar-refractivity contribution in [2.75, 3.05) is 14.2 Å². The predicted molar refractivity (Wildman–Crippen MR) is 180 cm³/mol. The molecule has 0 fully saturated rings. The molecule has 2 spiro atoms. The summed E-state index contributed by atoms with van der Waals surface area (Å²) in [6.07, 6.45) is 12.8. The van der Waals surface area contributed by atoms with Crippen molar-refractivity contribution in [2.45, 2.75) is 92.7 Å². The first-order chi connectivity index (χ1) is 22.0. The molecule has 2 aromatic rings. The van der Waals surface area contributed by atoms with Crippen LogP contribution in [0.15, 0.2) is 45.4 Å². The summed E-state index contributed by atoms with van der Waals surface area (Å²) in [5.41, 5.74) is 16.0. The molecule has 6 N–H and O–H groups in total. The monoisotopic (exact) mass is 758 g/mol. The molecular weight excluding hydrogens is 720 g/mol. The number of aliphatic hydroxyl groups excluding tert-OH is 2. The van der Waals surface area contributed by atoms with Crippen LogP contribution in [0.2, 0.25) is 0 Å². The van der Waals surface area contributed by atoms with Gasteiger partial charge in [-0.3, -0.25) is 4.79 Å². The molecule has 11 heteroatoms.